The van der Waals surface area contributed by atoms with Crippen molar-refractivity contribution >= 4 is 15.9 Å². The maximum Gasteiger partial charge on any atom is 0.137 e. The van der Waals surface area contributed by atoms with Gasteiger partial charge in [-0.2, -0.15) is 0 Å². The maximum atomic E-state index is 13.4. The summed E-state index contributed by atoms with van der Waals surface area (Å²) < 4.78 is 19.1. The van der Waals surface area contributed by atoms with Crippen LogP contribution in [0.5, 0.6) is 5.75 Å². The van der Waals surface area contributed by atoms with Gasteiger partial charge in [0.05, 0.1) is 23.8 Å². The fourth-order valence-electron chi connectivity index (χ4n) is 2.11. The Morgan fingerprint density at radius 2 is 2.10 bits per heavy atom. The lowest BCUT2D eigenvalue weighted by molar-refractivity contribution is 0.411. The van der Waals surface area contributed by atoms with E-state index >= 15 is 0 Å². The molecule has 0 spiro atoms. The molecule has 1 aromatic carbocycles. The molecule has 1 N–H and O–H groups in total. The lowest BCUT2D eigenvalue weighted by Gasteiger charge is -2.20. The zero-order valence-corrected chi connectivity index (χ0v) is 13.7. The molecule has 0 amide bonds. The van der Waals surface area contributed by atoms with Gasteiger partial charge in [0.15, 0.2) is 0 Å². The zero-order valence-electron chi connectivity index (χ0n) is 12.1. The highest BCUT2D eigenvalue weighted by Crippen LogP contribution is 2.27. The van der Waals surface area contributed by atoms with Crippen LogP contribution in [0.1, 0.15) is 30.5 Å². The van der Waals surface area contributed by atoms with Crippen molar-refractivity contribution in [3.05, 3.63) is 58.1 Å². The molecule has 1 unspecified atom stereocenters. The number of hydrogen-bond acceptors (Lipinski definition) is 3. The first-order valence-corrected chi connectivity index (χ1v) is 7.62. The number of rotatable bonds is 6. The van der Waals surface area contributed by atoms with Crippen LogP contribution in [-0.2, 0) is 0 Å². The highest BCUT2D eigenvalue weighted by Gasteiger charge is 2.16. The van der Waals surface area contributed by atoms with Crippen molar-refractivity contribution in [3.8, 4) is 5.75 Å². The van der Waals surface area contributed by atoms with E-state index in [-0.39, 0.29) is 11.9 Å². The van der Waals surface area contributed by atoms with E-state index in [0.29, 0.717) is 10.2 Å². The molecule has 1 atom stereocenters. The summed E-state index contributed by atoms with van der Waals surface area (Å²) in [6.07, 6.45) is 4.48. The first-order valence-electron chi connectivity index (χ1n) is 6.83. The maximum absolute atomic E-state index is 13.4. The van der Waals surface area contributed by atoms with Gasteiger partial charge in [0.2, 0.25) is 0 Å². The van der Waals surface area contributed by atoms with Gasteiger partial charge in [-0.15, -0.1) is 0 Å². The van der Waals surface area contributed by atoms with Crippen LogP contribution >= 0.6 is 15.9 Å². The summed E-state index contributed by atoms with van der Waals surface area (Å²) in [6, 6.07) is 6.93. The molecule has 0 saturated heterocycles. The van der Waals surface area contributed by atoms with Gasteiger partial charge >= 0.3 is 0 Å². The molecule has 0 saturated carbocycles. The van der Waals surface area contributed by atoms with E-state index in [1.165, 1.54) is 6.07 Å². The van der Waals surface area contributed by atoms with Gasteiger partial charge in [0.1, 0.15) is 11.6 Å². The van der Waals surface area contributed by atoms with Crippen LogP contribution in [0.4, 0.5) is 4.39 Å². The standard InChI is InChI=1S/C16H18BrFN2O/c1-3-6-20-16(11-4-5-15(18)14(17)8-11)12-7-13(21-2)10-19-9-12/h4-5,7-10,16,20H,3,6H2,1-2H3. The predicted octanol–water partition coefficient (Wildman–Crippen LogP) is 4.08. The largest absolute Gasteiger partial charge is 0.495 e. The third kappa shape index (κ3) is 4.02. The minimum Gasteiger partial charge on any atom is -0.495 e. The van der Waals surface area contributed by atoms with Crippen molar-refractivity contribution in [2.24, 2.45) is 0 Å². The highest BCUT2D eigenvalue weighted by molar-refractivity contribution is 9.10. The van der Waals surface area contributed by atoms with E-state index in [1.807, 2.05) is 6.07 Å². The van der Waals surface area contributed by atoms with Crippen LogP contribution < -0.4 is 10.1 Å². The molecule has 112 valence electrons. The molecule has 0 aliphatic rings. The van der Waals surface area contributed by atoms with E-state index in [4.69, 9.17) is 4.74 Å². The Bertz CT molecular complexity index is 607. The molecule has 0 fully saturated rings. The quantitative estimate of drug-likeness (QED) is 0.850. The molecule has 3 nitrogen and oxygen atoms in total. The summed E-state index contributed by atoms with van der Waals surface area (Å²) in [5, 5.41) is 3.46. The summed E-state index contributed by atoms with van der Waals surface area (Å²) in [6.45, 7) is 2.96. The monoisotopic (exact) mass is 352 g/mol. The Morgan fingerprint density at radius 1 is 1.29 bits per heavy atom. The van der Waals surface area contributed by atoms with Crippen LogP contribution in [-0.4, -0.2) is 18.6 Å². The number of aromatic nitrogens is 1. The van der Waals surface area contributed by atoms with E-state index in [9.17, 15) is 4.39 Å². The van der Waals surface area contributed by atoms with E-state index in [0.717, 1.165) is 24.1 Å². The van der Waals surface area contributed by atoms with Crippen LogP contribution in [0.2, 0.25) is 0 Å². The lowest BCUT2D eigenvalue weighted by Crippen LogP contribution is -2.23. The van der Waals surface area contributed by atoms with Gasteiger partial charge in [-0.1, -0.05) is 13.0 Å². The highest BCUT2D eigenvalue weighted by atomic mass is 79.9. The summed E-state index contributed by atoms with van der Waals surface area (Å²) in [5.41, 5.74) is 1.97. The minimum absolute atomic E-state index is 0.0514. The molecular weight excluding hydrogens is 335 g/mol. The number of ether oxygens (including phenoxy) is 1. The van der Waals surface area contributed by atoms with Crippen molar-refractivity contribution in [1.29, 1.82) is 0 Å². The normalized spacial score (nSPS) is 12.2. The molecule has 0 bridgehead atoms. The van der Waals surface area contributed by atoms with Crippen LogP contribution in [0.25, 0.3) is 0 Å². The fraction of sp³-hybridized carbons (Fsp3) is 0.312. The molecule has 1 aromatic heterocycles. The second kappa shape index (κ2) is 7.52. The van der Waals surface area contributed by atoms with Gasteiger partial charge < -0.3 is 10.1 Å². The Morgan fingerprint density at radius 3 is 2.76 bits per heavy atom. The SMILES string of the molecule is CCCNC(c1cncc(OC)c1)c1ccc(F)c(Br)c1. The summed E-state index contributed by atoms with van der Waals surface area (Å²) in [4.78, 5) is 4.20. The van der Waals surface area contributed by atoms with Gasteiger partial charge in [-0.05, 0) is 58.2 Å². The average Bonchev–Trinajstić information content (AvgIpc) is 2.51. The van der Waals surface area contributed by atoms with Crippen molar-refractivity contribution in [1.82, 2.24) is 10.3 Å². The smallest absolute Gasteiger partial charge is 0.137 e. The van der Waals surface area contributed by atoms with E-state index < -0.39 is 0 Å². The van der Waals surface area contributed by atoms with Crippen molar-refractivity contribution < 1.29 is 9.13 Å². The molecule has 21 heavy (non-hydrogen) atoms. The molecule has 2 rings (SSSR count). The molecule has 1 heterocycles. The van der Waals surface area contributed by atoms with Gasteiger partial charge in [0.25, 0.3) is 0 Å². The molecule has 0 aliphatic heterocycles. The molecule has 5 heteroatoms. The molecular formula is C16H18BrFN2O. The average molecular weight is 353 g/mol. The number of halogens is 2. The Kier molecular flexibility index (Phi) is 5.70. The third-order valence-corrected chi connectivity index (χ3v) is 3.79. The minimum atomic E-state index is -0.267. The number of pyridine rings is 1. The predicted molar refractivity (Wildman–Crippen MR) is 85.0 cm³/mol. The number of nitrogens with one attached hydrogen (secondary N) is 1. The summed E-state index contributed by atoms with van der Waals surface area (Å²) in [7, 11) is 1.61. The van der Waals surface area contributed by atoms with Crippen molar-refractivity contribution in [2.45, 2.75) is 19.4 Å². The van der Waals surface area contributed by atoms with E-state index in [2.05, 4.69) is 33.2 Å². The summed E-state index contributed by atoms with van der Waals surface area (Å²) >= 11 is 3.24. The number of benzene rings is 1. The number of hydrogen-bond donors (Lipinski definition) is 1. The van der Waals surface area contributed by atoms with Crippen molar-refractivity contribution in [2.75, 3.05) is 13.7 Å². The first-order chi connectivity index (χ1) is 10.2. The second-order valence-electron chi connectivity index (χ2n) is 4.72. The molecule has 2 aromatic rings. The first kappa shape index (κ1) is 15.9. The Labute approximate surface area is 132 Å². The number of nitrogens with zero attached hydrogens (tertiary/aromatic N) is 1. The Hall–Kier alpha value is -1.46. The number of methoxy groups -OCH3 is 1. The van der Waals surface area contributed by atoms with Crippen LogP contribution in [0, 0.1) is 5.82 Å². The summed E-state index contributed by atoms with van der Waals surface area (Å²) in [5.74, 6) is 0.439. The topological polar surface area (TPSA) is 34.2 Å². The van der Waals surface area contributed by atoms with E-state index in [1.54, 1.807) is 31.6 Å². The van der Waals surface area contributed by atoms with Crippen LogP contribution in [0.3, 0.4) is 0 Å². The van der Waals surface area contributed by atoms with Gasteiger partial charge in [-0.3, -0.25) is 4.98 Å². The molecule has 0 aliphatic carbocycles. The zero-order chi connectivity index (χ0) is 15.2. The van der Waals surface area contributed by atoms with Crippen LogP contribution in [0.15, 0.2) is 41.1 Å². The van der Waals surface area contributed by atoms with Gasteiger partial charge in [0, 0.05) is 6.20 Å². The van der Waals surface area contributed by atoms with Crippen molar-refractivity contribution in [3.63, 3.8) is 0 Å². The third-order valence-electron chi connectivity index (χ3n) is 3.18. The Balaban J connectivity index is 2.38. The fourth-order valence-corrected chi connectivity index (χ4v) is 2.51. The van der Waals surface area contributed by atoms with Gasteiger partial charge in [-0.25, -0.2) is 4.39 Å². The lowest BCUT2D eigenvalue weighted by atomic mass is 10.00. The molecule has 0 radical (unpaired) electrons. The second-order valence-corrected chi connectivity index (χ2v) is 5.57.